The maximum absolute atomic E-state index is 17.1. The molecule has 4 N–H and O–H groups in total. The molecule has 3 saturated heterocycles. The molecule has 5 heterocycles. The van der Waals surface area contributed by atoms with Gasteiger partial charge in [0.25, 0.3) is 11.4 Å². The van der Waals surface area contributed by atoms with Crippen molar-refractivity contribution in [2.24, 2.45) is 17.8 Å². The lowest BCUT2D eigenvalue weighted by molar-refractivity contribution is -0.301. The fraction of sp³-hybridized carbons (Fsp3) is 0.659. The lowest BCUT2D eigenvalue weighted by atomic mass is 9.74. The van der Waals surface area contributed by atoms with Gasteiger partial charge in [0.2, 0.25) is 0 Å². The average molecular weight is 860 g/mol. The lowest BCUT2D eigenvalue weighted by Gasteiger charge is -2.47. The van der Waals surface area contributed by atoms with Crippen molar-refractivity contribution in [2.75, 3.05) is 40.2 Å². The molecule has 0 bridgehead atoms. The number of hydrogen-bond donors (Lipinski definition) is 3. The Bertz CT molecular complexity index is 1990. The van der Waals surface area contributed by atoms with Crippen molar-refractivity contribution >= 4 is 35.5 Å². The quantitative estimate of drug-likeness (QED) is 0.166. The third kappa shape index (κ3) is 9.68. The van der Waals surface area contributed by atoms with E-state index in [0.29, 0.717) is 6.42 Å². The molecule has 0 aromatic carbocycles. The number of nitrogens with zero attached hydrogens (tertiary/aromatic N) is 5. The number of anilines is 1. The molecule has 336 valence electrons. The molecule has 5 rings (SSSR count). The molecule has 3 fully saturated rings. The summed E-state index contributed by atoms with van der Waals surface area (Å²) < 4.78 is 54.3. The van der Waals surface area contributed by atoms with Crippen LogP contribution in [0, 0.1) is 17.8 Å². The molecular weight excluding hydrogens is 801 g/mol. The third-order valence-corrected chi connectivity index (χ3v) is 12.0. The van der Waals surface area contributed by atoms with Crippen molar-refractivity contribution in [1.29, 1.82) is 0 Å². The highest BCUT2D eigenvalue weighted by Crippen LogP contribution is 2.43. The number of hydrogen-bond acceptors (Lipinski definition) is 17. The van der Waals surface area contributed by atoms with E-state index in [1.54, 1.807) is 57.4 Å². The number of Topliss-reactive ketones (excluding diaryl/α,β-unsaturated/α-hetero) is 2. The predicted octanol–water partition coefficient (Wildman–Crippen LogP) is 1.80. The van der Waals surface area contributed by atoms with Crippen molar-refractivity contribution < 1.29 is 57.1 Å². The Hall–Kier alpha value is -4.73. The monoisotopic (exact) mass is 859 g/mol. The van der Waals surface area contributed by atoms with Crippen LogP contribution >= 0.6 is 0 Å². The Balaban J connectivity index is 1.52. The Morgan fingerprint density at radius 3 is 2.43 bits per heavy atom. The number of ether oxygens (including phenoxy) is 6. The Kier molecular flexibility index (Phi) is 14.8. The van der Waals surface area contributed by atoms with Crippen LogP contribution in [0.2, 0.25) is 0 Å². The van der Waals surface area contributed by atoms with Crippen LogP contribution in [0.3, 0.4) is 0 Å². The van der Waals surface area contributed by atoms with Crippen molar-refractivity contribution in [2.45, 2.75) is 121 Å². The van der Waals surface area contributed by atoms with Crippen LogP contribution in [-0.2, 0) is 48.5 Å². The van der Waals surface area contributed by atoms with Crippen molar-refractivity contribution in [3.63, 3.8) is 0 Å². The normalized spacial score (nSPS) is 36.6. The van der Waals surface area contributed by atoms with E-state index < -0.39 is 107 Å². The maximum Gasteiger partial charge on any atom is 0.409 e. The fourth-order valence-corrected chi connectivity index (χ4v) is 8.70. The molecule has 2 unspecified atom stereocenters. The van der Waals surface area contributed by atoms with Gasteiger partial charge in [-0.2, -0.15) is 4.98 Å². The number of methoxy groups -OCH3 is 1. The van der Waals surface area contributed by atoms with E-state index in [-0.39, 0.29) is 31.9 Å². The van der Waals surface area contributed by atoms with Gasteiger partial charge in [-0.3, -0.25) is 14.2 Å². The number of aliphatic hydroxyl groups excluding tert-OH is 1. The summed E-state index contributed by atoms with van der Waals surface area (Å²) in [5, 5.41) is 14.3. The molecule has 2 aromatic rings. The van der Waals surface area contributed by atoms with Crippen molar-refractivity contribution in [1.82, 2.24) is 29.7 Å². The van der Waals surface area contributed by atoms with Gasteiger partial charge in [-0.15, -0.1) is 0 Å². The topological polar surface area (TPSA) is 246 Å². The zero-order chi connectivity index (χ0) is 45.0. The highest BCUT2D eigenvalue weighted by Gasteiger charge is 2.63. The number of alkyl carbamates (subject to hydrolysis) is 1. The average Bonchev–Trinajstić information content (AvgIpc) is 3.57. The molecule has 0 radical (unpaired) electrons. The number of esters is 1. The number of ketones is 2. The van der Waals surface area contributed by atoms with E-state index in [1.807, 2.05) is 0 Å². The minimum Gasteiger partial charge on any atom is -0.453 e. The second-order valence-corrected chi connectivity index (χ2v) is 16.6. The number of carbonyl (C=O) groups excluding carboxylic acids is 4. The first-order chi connectivity index (χ1) is 28.7. The number of amides is 1. The number of rotatable bonds is 11. The standard InChI is InChI=1S/C41H58FN7O12/c1-10-28-41(49-14-13-29(43)46-37(49)54)32(47-38(55)61-41)23(3)30(50)22(2)17-39(5,56-9)34(24(4)33(52)40(6,42)36(53)59-28)60-35-31(51)27(48(7)8)16-26(58-35)20-57-15-11-12-25-18-44-21-45-19-25/h11-14,18-19,21-24,26-28,31-32,34-35,51H,10,15-17,20H2,1-9H3,(H,47,55)(H2,43,46,54)/b12-11+/t22-,23+,24+,26+,27?,28-,31?,32-,34-,35+,39-,40+,41-/m1/s1. The Morgan fingerprint density at radius 2 is 1.80 bits per heavy atom. The molecule has 3 aliphatic heterocycles. The molecule has 13 atom stereocenters. The molecule has 19 nitrogen and oxygen atoms in total. The van der Waals surface area contributed by atoms with Gasteiger partial charge in [0, 0.05) is 55.1 Å². The minimum absolute atomic E-state index is 0.0884. The van der Waals surface area contributed by atoms with E-state index in [9.17, 15) is 29.1 Å². The van der Waals surface area contributed by atoms with Crippen LogP contribution in [0.1, 0.15) is 66.4 Å². The van der Waals surface area contributed by atoms with Crippen LogP contribution in [-0.4, -0.2) is 142 Å². The summed E-state index contributed by atoms with van der Waals surface area (Å²) >= 11 is 0. The number of carbonyl (C=O) groups is 4. The van der Waals surface area contributed by atoms with Crippen LogP contribution in [0.5, 0.6) is 0 Å². The first-order valence-corrected chi connectivity index (χ1v) is 20.2. The number of aliphatic hydroxyl groups is 1. The first kappa shape index (κ1) is 47.3. The van der Waals surface area contributed by atoms with Gasteiger partial charge >= 0.3 is 17.8 Å². The second kappa shape index (κ2) is 19.1. The molecule has 2 aromatic heterocycles. The number of fused-ring (bicyclic) bond motifs is 1. The molecular formula is C41H58FN7O12. The largest absolute Gasteiger partial charge is 0.453 e. The van der Waals surface area contributed by atoms with Crippen LogP contribution in [0.4, 0.5) is 15.0 Å². The van der Waals surface area contributed by atoms with Gasteiger partial charge in [0.15, 0.2) is 18.2 Å². The Morgan fingerprint density at radius 1 is 1.11 bits per heavy atom. The zero-order valence-corrected chi connectivity index (χ0v) is 36.0. The first-order valence-electron chi connectivity index (χ1n) is 20.2. The number of nitrogens with one attached hydrogen (secondary N) is 1. The van der Waals surface area contributed by atoms with E-state index in [0.717, 1.165) is 17.1 Å². The lowest BCUT2D eigenvalue weighted by Crippen LogP contribution is -2.64. The van der Waals surface area contributed by atoms with E-state index in [2.05, 4.69) is 20.3 Å². The summed E-state index contributed by atoms with van der Waals surface area (Å²) in [4.78, 5) is 83.2. The van der Waals surface area contributed by atoms with Gasteiger partial charge < -0.3 is 49.5 Å². The molecule has 20 heteroatoms. The number of nitrogen functional groups attached to an aromatic ring is 1. The van der Waals surface area contributed by atoms with Gasteiger partial charge in [-0.1, -0.05) is 39.8 Å². The number of cyclic esters (lactones) is 1. The third-order valence-electron chi connectivity index (χ3n) is 12.0. The number of halogens is 1. The Labute approximate surface area is 353 Å². The summed E-state index contributed by atoms with van der Waals surface area (Å²) in [5.74, 6) is -7.15. The molecule has 0 aliphatic carbocycles. The van der Waals surface area contributed by atoms with E-state index in [4.69, 9.17) is 34.2 Å². The summed E-state index contributed by atoms with van der Waals surface area (Å²) in [6, 6.07) is -0.674. The maximum atomic E-state index is 17.1. The van der Waals surface area contributed by atoms with Gasteiger partial charge in [0.1, 0.15) is 30.1 Å². The SMILES string of the molecule is CC[C@H]1OC(=O)[C@@](C)(F)C(=O)[C@H](C)[C@@H](O[C@@H]2O[C@H](COC/C=C/c3cncnc3)CC(N(C)C)C2O)[C@](C)(OC)C[C@@H](C)C(=O)[C@H](C)[C@H]2NC(=O)O[C@@]21n1ccc(N)nc1=O. The smallest absolute Gasteiger partial charge is 0.409 e. The molecule has 61 heavy (non-hydrogen) atoms. The molecule has 0 spiro atoms. The summed E-state index contributed by atoms with van der Waals surface area (Å²) in [5.41, 5.74) is -1.72. The molecule has 0 saturated carbocycles. The van der Waals surface area contributed by atoms with E-state index >= 15 is 4.39 Å². The number of nitrogens with two attached hydrogens (primary N) is 1. The van der Waals surface area contributed by atoms with E-state index in [1.165, 1.54) is 46.5 Å². The highest BCUT2D eigenvalue weighted by atomic mass is 19.1. The summed E-state index contributed by atoms with van der Waals surface area (Å²) in [6.07, 6.45) is 1.98. The summed E-state index contributed by atoms with van der Waals surface area (Å²) in [7, 11) is 4.88. The van der Waals surface area contributed by atoms with Crippen molar-refractivity contribution in [3.05, 3.63) is 53.1 Å². The minimum atomic E-state index is -3.37. The molecule has 1 amide bonds. The molecule has 3 aliphatic rings. The predicted molar refractivity (Wildman–Crippen MR) is 215 cm³/mol. The van der Waals surface area contributed by atoms with Crippen LogP contribution in [0.15, 0.2) is 41.9 Å². The highest BCUT2D eigenvalue weighted by molar-refractivity contribution is 6.08. The number of aromatic nitrogens is 4. The van der Waals surface area contributed by atoms with Crippen LogP contribution in [0.25, 0.3) is 6.08 Å². The zero-order valence-electron chi connectivity index (χ0n) is 36.0. The van der Waals surface area contributed by atoms with Crippen LogP contribution < -0.4 is 16.7 Å². The van der Waals surface area contributed by atoms with Crippen molar-refractivity contribution in [3.8, 4) is 0 Å². The van der Waals surface area contributed by atoms with Gasteiger partial charge in [-0.05, 0) is 53.3 Å². The fourth-order valence-electron chi connectivity index (χ4n) is 8.70. The number of alkyl halides is 1. The summed E-state index contributed by atoms with van der Waals surface area (Å²) in [6.45, 7) is 8.59. The second-order valence-electron chi connectivity index (χ2n) is 16.6. The number of likely N-dealkylation sites (N-methyl/N-ethyl adjacent to an activating group) is 1. The van der Waals surface area contributed by atoms with Gasteiger partial charge in [-0.25, -0.2) is 28.7 Å². The van der Waals surface area contributed by atoms with Gasteiger partial charge in [0.05, 0.1) is 31.0 Å².